The van der Waals surface area contributed by atoms with E-state index in [4.69, 9.17) is 0 Å². The maximum absolute atomic E-state index is 11.4. The lowest BCUT2D eigenvalue weighted by Crippen LogP contribution is -2.59. The number of fused-ring (bicyclic) bond motifs is 8. The minimum atomic E-state index is 0.275. The van der Waals surface area contributed by atoms with Crippen LogP contribution in [0.5, 0.6) is 0 Å². The SMILES string of the molecule is O=C1N[C@H]2[C@H]1[C@H]1C[C@@H]2c2ccccc21. The van der Waals surface area contributed by atoms with Gasteiger partial charge in [-0.15, -0.1) is 0 Å². The monoisotopic (exact) mass is 185 g/mol. The van der Waals surface area contributed by atoms with Crippen molar-refractivity contribution in [3.8, 4) is 0 Å². The fourth-order valence-electron chi connectivity index (χ4n) is 3.59. The second-order valence-corrected chi connectivity index (χ2v) is 4.64. The van der Waals surface area contributed by atoms with Gasteiger partial charge in [-0.05, 0) is 23.5 Å². The predicted molar refractivity (Wildman–Crippen MR) is 52.0 cm³/mol. The third kappa shape index (κ3) is 0.578. The van der Waals surface area contributed by atoms with Crippen LogP contribution in [0.4, 0.5) is 0 Å². The molecular formula is C12H11NO. The largest absolute Gasteiger partial charge is 0.352 e. The molecule has 4 atom stereocenters. The van der Waals surface area contributed by atoms with Crippen molar-refractivity contribution in [3.05, 3.63) is 35.4 Å². The molecule has 0 unspecified atom stereocenters. The standard InChI is InChI=1S/C12H11NO/c14-12-10-8-5-9(11(10)13-12)7-4-2-1-3-6(7)8/h1-4,8-11H,5H2,(H,13,14)/t8-,9+,10+,11+/m0/s1. The lowest BCUT2D eigenvalue weighted by Gasteiger charge is -2.40. The highest BCUT2D eigenvalue weighted by molar-refractivity contribution is 5.89. The van der Waals surface area contributed by atoms with Crippen LogP contribution in [-0.2, 0) is 4.79 Å². The topological polar surface area (TPSA) is 29.1 Å². The van der Waals surface area contributed by atoms with Crippen LogP contribution in [0.3, 0.4) is 0 Å². The lowest BCUT2D eigenvalue weighted by molar-refractivity contribution is -0.134. The van der Waals surface area contributed by atoms with Gasteiger partial charge in [-0.25, -0.2) is 0 Å². The molecular weight excluding hydrogens is 174 g/mol. The fourth-order valence-corrected chi connectivity index (χ4v) is 3.59. The molecule has 1 saturated carbocycles. The zero-order valence-corrected chi connectivity index (χ0v) is 7.73. The Kier molecular flexibility index (Phi) is 1.02. The van der Waals surface area contributed by atoms with E-state index in [-0.39, 0.29) is 5.91 Å². The van der Waals surface area contributed by atoms with Crippen LogP contribution in [0.1, 0.15) is 29.4 Å². The molecule has 0 aromatic heterocycles. The summed E-state index contributed by atoms with van der Waals surface area (Å²) in [6, 6.07) is 9.07. The quantitative estimate of drug-likeness (QED) is 0.608. The van der Waals surface area contributed by atoms with Crippen LogP contribution in [0, 0.1) is 5.92 Å². The molecule has 4 rings (SSSR count). The molecule has 14 heavy (non-hydrogen) atoms. The van der Waals surface area contributed by atoms with E-state index in [0.717, 1.165) is 0 Å². The van der Waals surface area contributed by atoms with Crippen molar-refractivity contribution in [2.75, 3.05) is 0 Å². The number of β-lactam (4-membered cyclic amide) rings is 1. The number of amides is 1. The third-order valence-corrected chi connectivity index (χ3v) is 4.17. The molecule has 1 N–H and O–H groups in total. The summed E-state index contributed by atoms with van der Waals surface area (Å²) in [4.78, 5) is 11.4. The molecule has 70 valence electrons. The molecule has 2 nitrogen and oxygen atoms in total. The second kappa shape index (κ2) is 2.02. The van der Waals surface area contributed by atoms with E-state index in [2.05, 4.69) is 29.6 Å². The van der Waals surface area contributed by atoms with Gasteiger partial charge in [0.15, 0.2) is 0 Å². The van der Waals surface area contributed by atoms with Gasteiger partial charge in [0.05, 0.1) is 5.92 Å². The Morgan fingerprint density at radius 3 is 2.57 bits per heavy atom. The van der Waals surface area contributed by atoms with Gasteiger partial charge in [-0.1, -0.05) is 24.3 Å². The first-order valence-electron chi connectivity index (χ1n) is 5.25. The summed E-state index contributed by atoms with van der Waals surface area (Å²) < 4.78 is 0. The number of hydrogen-bond acceptors (Lipinski definition) is 1. The predicted octanol–water partition coefficient (Wildman–Crippen LogP) is 1.39. The molecule has 1 saturated heterocycles. The first-order valence-corrected chi connectivity index (χ1v) is 5.25. The van der Waals surface area contributed by atoms with Crippen LogP contribution in [0.2, 0.25) is 0 Å². The van der Waals surface area contributed by atoms with Crippen LogP contribution in [-0.4, -0.2) is 11.9 Å². The Morgan fingerprint density at radius 1 is 1.14 bits per heavy atom. The van der Waals surface area contributed by atoms with E-state index >= 15 is 0 Å². The van der Waals surface area contributed by atoms with Crippen molar-refractivity contribution in [3.63, 3.8) is 0 Å². The number of nitrogens with one attached hydrogen (secondary N) is 1. The summed E-state index contributed by atoms with van der Waals surface area (Å²) in [5.41, 5.74) is 2.92. The van der Waals surface area contributed by atoms with Gasteiger partial charge in [0, 0.05) is 12.0 Å². The van der Waals surface area contributed by atoms with Gasteiger partial charge < -0.3 is 5.32 Å². The molecule has 2 heteroatoms. The summed E-state index contributed by atoms with van der Waals surface area (Å²) in [7, 11) is 0. The van der Waals surface area contributed by atoms with Gasteiger partial charge in [-0.2, -0.15) is 0 Å². The highest BCUT2D eigenvalue weighted by Gasteiger charge is 2.59. The van der Waals surface area contributed by atoms with E-state index in [9.17, 15) is 4.79 Å². The molecule has 2 aliphatic carbocycles. The molecule has 3 aliphatic rings. The van der Waals surface area contributed by atoms with E-state index < -0.39 is 0 Å². The van der Waals surface area contributed by atoms with Gasteiger partial charge >= 0.3 is 0 Å². The van der Waals surface area contributed by atoms with Crippen molar-refractivity contribution in [1.29, 1.82) is 0 Å². The minimum Gasteiger partial charge on any atom is -0.352 e. The smallest absolute Gasteiger partial charge is 0.226 e. The minimum absolute atomic E-state index is 0.275. The Hall–Kier alpha value is -1.31. The van der Waals surface area contributed by atoms with Gasteiger partial charge in [0.1, 0.15) is 0 Å². The average Bonchev–Trinajstić information content (AvgIpc) is 2.68. The molecule has 1 heterocycles. The molecule has 0 spiro atoms. The zero-order chi connectivity index (χ0) is 9.28. The average molecular weight is 185 g/mol. The summed E-state index contributed by atoms with van der Waals surface area (Å²) in [6.07, 6.45) is 1.19. The summed E-state index contributed by atoms with van der Waals surface area (Å²) in [5.74, 6) is 1.71. The maximum atomic E-state index is 11.4. The zero-order valence-electron chi connectivity index (χ0n) is 7.73. The van der Waals surface area contributed by atoms with Crippen LogP contribution >= 0.6 is 0 Å². The Labute approximate surface area is 82.3 Å². The van der Waals surface area contributed by atoms with Crippen molar-refractivity contribution >= 4 is 5.91 Å². The Bertz CT molecular complexity index is 440. The Balaban J connectivity index is 1.92. The fraction of sp³-hybridized carbons (Fsp3) is 0.417. The van der Waals surface area contributed by atoms with Crippen molar-refractivity contribution < 1.29 is 4.79 Å². The molecule has 1 aromatic carbocycles. The highest BCUT2D eigenvalue weighted by Crippen LogP contribution is 2.58. The van der Waals surface area contributed by atoms with Crippen LogP contribution < -0.4 is 5.32 Å². The second-order valence-electron chi connectivity index (χ2n) is 4.64. The summed E-state index contributed by atoms with van der Waals surface area (Å²) >= 11 is 0. The molecule has 1 aromatic rings. The number of rotatable bonds is 0. The highest BCUT2D eigenvalue weighted by atomic mass is 16.2. The number of carbonyl (C=O) groups is 1. The number of carbonyl (C=O) groups excluding carboxylic acids is 1. The molecule has 0 radical (unpaired) electrons. The lowest BCUT2D eigenvalue weighted by atomic mass is 9.75. The summed E-state index contributed by atoms with van der Waals surface area (Å²) in [6.45, 7) is 0. The number of hydrogen-bond donors (Lipinski definition) is 1. The first-order chi connectivity index (χ1) is 6.86. The van der Waals surface area contributed by atoms with Crippen LogP contribution in [0.15, 0.2) is 24.3 Å². The van der Waals surface area contributed by atoms with Crippen molar-refractivity contribution in [2.24, 2.45) is 5.92 Å². The van der Waals surface area contributed by atoms with Gasteiger partial charge in [0.25, 0.3) is 0 Å². The normalized spacial score (nSPS) is 41.3. The van der Waals surface area contributed by atoms with Crippen LogP contribution in [0.25, 0.3) is 0 Å². The van der Waals surface area contributed by atoms with Crippen molar-refractivity contribution in [1.82, 2.24) is 5.32 Å². The van der Waals surface area contributed by atoms with Gasteiger partial charge in [-0.3, -0.25) is 4.79 Å². The number of benzene rings is 1. The van der Waals surface area contributed by atoms with Crippen molar-refractivity contribution in [2.45, 2.75) is 24.3 Å². The van der Waals surface area contributed by atoms with E-state index in [1.807, 2.05) is 0 Å². The Morgan fingerprint density at radius 2 is 1.86 bits per heavy atom. The van der Waals surface area contributed by atoms with E-state index in [1.165, 1.54) is 17.5 Å². The summed E-state index contributed by atoms with van der Waals surface area (Å²) in [5, 5.41) is 3.04. The molecule has 1 aliphatic heterocycles. The molecule has 1 amide bonds. The molecule has 2 bridgehead atoms. The first kappa shape index (κ1) is 7.04. The van der Waals surface area contributed by atoms with E-state index in [0.29, 0.717) is 23.8 Å². The van der Waals surface area contributed by atoms with E-state index in [1.54, 1.807) is 0 Å². The third-order valence-electron chi connectivity index (χ3n) is 4.17. The van der Waals surface area contributed by atoms with Gasteiger partial charge in [0.2, 0.25) is 5.91 Å². The molecule has 2 fully saturated rings. The maximum Gasteiger partial charge on any atom is 0.226 e.